The number of piperidine rings is 1. The van der Waals surface area contributed by atoms with E-state index in [4.69, 9.17) is 4.74 Å². The third kappa shape index (κ3) is 3.85. The predicted octanol–water partition coefficient (Wildman–Crippen LogP) is 4.09. The molecule has 1 atom stereocenters. The molecule has 1 N–H and O–H groups in total. The molecule has 1 unspecified atom stereocenters. The molecule has 1 aliphatic rings. The quantitative estimate of drug-likeness (QED) is 0.869. The van der Waals surface area contributed by atoms with Crippen LogP contribution in [-0.4, -0.2) is 36.2 Å². The monoisotopic (exact) mass is 363 g/mol. The molecule has 0 spiro atoms. The Kier molecular flexibility index (Phi) is 5.39. The van der Waals surface area contributed by atoms with E-state index in [1.54, 1.807) is 17.4 Å². The number of carboxylic acids is 1. The highest BCUT2D eigenvalue weighted by atomic mass is 32.1. The second-order valence-corrected chi connectivity index (χ2v) is 7.71. The zero-order valence-electron chi connectivity index (χ0n) is 14.4. The molecule has 4 nitrogen and oxygen atoms in total. The normalized spacial score (nSPS) is 17.4. The zero-order valence-corrected chi connectivity index (χ0v) is 15.2. The minimum atomic E-state index is -0.723. The van der Waals surface area contributed by atoms with Crippen LogP contribution < -0.4 is 4.74 Å². The minimum Gasteiger partial charge on any atom is -0.494 e. The van der Waals surface area contributed by atoms with Crippen molar-refractivity contribution in [1.82, 2.24) is 4.90 Å². The lowest BCUT2D eigenvalue weighted by atomic mass is 9.93. The van der Waals surface area contributed by atoms with Crippen molar-refractivity contribution in [2.45, 2.75) is 25.8 Å². The number of thiophene rings is 1. The SMILES string of the molecule is COc1ccc(C(c2ccc(C)s2)N2CCC(C(=O)O)CC2)cc1F. The molecule has 3 rings (SSSR count). The first-order chi connectivity index (χ1) is 12.0. The fourth-order valence-corrected chi connectivity index (χ4v) is 4.45. The number of rotatable bonds is 5. The number of likely N-dealkylation sites (tertiary alicyclic amines) is 1. The fraction of sp³-hybridized carbons (Fsp3) is 0.421. The van der Waals surface area contributed by atoms with Gasteiger partial charge >= 0.3 is 5.97 Å². The zero-order chi connectivity index (χ0) is 18.0. The summed E-state index contributed by atoms with van der Waals surface area (Å²) in [4.78, 5) is 15.8. The number of nitrogens with zero attached hydrogens (tertiary/aromatic N) is 1. The van der Waals surface area contributed by atoms with Crippen LogP contribution in [0.15, 0.2) is 30.3 Å². The summed E-state index contributed by atoms with van der Waals surface area (Å²) >= 11 is 1.70. The Morgan fingerprint density at radius 2 is 2.04 bits per heavy atom. The molecular formula is C19H22FNO3S. The molecule has 0 radical (unpaired) electrons. The standard InChI is InChI=1S/C19H22FNO3S/c1-12-3-6-17(25-12)18(14-4-5-16(24-2)15(20)11-14)21-9-7-13(8-10-21)19(22)23/h3-6,11,13,18H,7-10H2,1-2H3,(H,22,23). The lowest BCUT2D eigenvalue weighted by Crippen LogP contribution is -2.39. The topological polar surface area (TPSA) is 49.8 Å². The van der Waals surface area contributed by atoms with Crippen LogP contribution in [0.2, 0.25) is 0 Å². The Hall–Kier alpha value is -1.92. The van der Waals surface area contributed by atoms with Gasteiger partial charge in [0.25, 0.3) is 0 Å². The number of carboxylic acid groups (broad SMARTS) is 1. The number of carbonyl (C=O) groups is 1. The van der Waals surface area contributed by atoms with Crippen LogP contribution in [0.3, 0.4) is 0 Å². The average molecular weight is 363 g/mol. The van der Waals surface area contributed by atoms with Crippen LogP contribution in [0.1, 0.15) is 34.2 Å². The summed E-state index contributed by atoms with van der Waals surface area (Å²) in [5.41, 5.74) is 0.869. The largest absolute Gasteiger partial charge is 0.494 e. The summed E-state index contributed by atoms with van der Waals surface area (Å²) in [5, 5.41) is 9.21. The van der Waals surface area contributed by atoms with Crippen molar-refractivity contribution in [2.24, 2.45) is 5.92 Å². The van der Waals surface area contributed by atoms with E-state index in [1.165, 1.54) is 18.1 Å². The van der Waals surface area contributed by atoms with Gasteiger partial charge in [-0.1, -0.05) is 6.07 Å². The molecule has 134 valence electrons. The van der Waals surface area contributed by atoms with Gasteiger partial charge in [-0.2, -0.15) is 0 Å². The molecular weight excluding hydrogens is 341 g/mol. The van der Waals surface area contributed by atoms with Gasteiger partial charge in [-0.3, -0.25) is 9.69 Å². The third-order valence-electron chi connectivity index (χ3n) is 4.77. The van der Waals surface area contributed by atoms with E-state index in [-0.39, 0.29) is 23.5 Å². The first-order valence-corrected chi connectivity index (χ1v) is 9.18. The Morgan fingerprint density at radius 1 is 1.32 bits per heavy atom. The van der Waals surface area contributed by atoms with Crippen molar-refractivity contribution in [2.75, 3.05) is 20.2 Å². The smallest absolute Gasteiger partial charge is 0.306 e. The Balaban J connectivity index is 1.91. The van der Waals surface area contributed by atoms with Gasteiger partial charge in [0.15, 0.2) is 11.6 Å². The summed E-state index contributed by atoms with van der Waals surface area (Å²) in [6.45, 7) is 3.43. The van der Waals surface area contributed by atoms with E-state index >= 15 is 0 Å². The number of benzene rings is 1. The maximum absolute atomic E-state index is 14.2. The minimum absolute atomic E-state index is 0.0612. The molecule has 25 heavy (non-hydrogen) atoms. The first-order valence-electron chi connectivity index (χ1n) is 8.36. The summed E-state index contributed by atoms with van der Waals surface area (Å²) in [6, 6.07) is 9.16. The highest BCUT2D eigenvalue weighted by Crippen LogP contribution is 2.37. The van der Waals surface area contributed by atoms with E-state index in [2.05, 4.69) is 24.0 Å². The summed E-state index contributed by atoms with van der Waals surface area (Å²) in [6.07, 6.45) is 1.24. The molecule has 6 heteroatoms. The molecule has 1 aromatic carbocycles. The number of aliphatic carboxylic acids is 1. The molecule has 1 saturated heterocycles. The molecule has 1 aliphatic heterocycles. The van der Waals surface area contributed by atoms with Gasteiger partial charge in [-0.15, -0.1) is 11.3 Å². The second-order valence-electron chi connectivity index (χ2n) is 6.39. The van der Waals surface area contributed by atoms with Crippen molar-refractivity contribution in [3.8, 4) is 5.75 Å². The number of methoxy groups -OCH3 is 1. The molecule has 2 aromatic rings. The molecule has 0 aliphatic carbocycles. The van der Waals surface area contributed by atoms with Crippen molar-refractivity contribution < 1.29 is 19.0 Å². The Bertz CT molecular complexity index is 753. The summed E-state index contributed by atoms with van der Waals surface area (Å²) < 4.78 is 19.3. The lowest BCUT2D eigenvalue weighted by molar-refractivity contribution is -0.143. The number of halogens is 1. The third-order valence-corrected chi connectivity index (χ3v) is 5.82. The van der Waals surface area contributed by atoms with Crippen molar-refractivity contribution in [3.05, 3.63) is 51.5 Å². The Morgan fingerprint density at radius 3 is 2.56 bits per heavy atom. The molecule has 1 aromatic heterocycles. The van der Waals surface area contributed by atoms with Gasteiger partial charge < -0.3 is 9.84 Å². The lowest BCUT2D eigenvalue weighted by Gasteiger charge is -2.36. The second kappa shape index (κ2) is 7.54. The van der Waals surface area contributed by atoms with Crippen LogP contribution in [0.25, 0.3) is 0 Å². The highest BCUT2D eigenvalue weighted by molar-refractivity contribution is 7.12. The van der Waals surface area contributed by atoms with Crippen molar-refractivity contribution >= 4 is 17.3 Å². The Labute approximate surface area is 150 Å². The maximum Gasteiger partial charge on any atom is 0.306 e. The number of aryl methyl sites for hydroxylation is 1. The molecule has 0 saturated carbocycles. The maximum atomic E-state index is 14.2. The van der Waals surface area contributed by atoms with E-state index in [9.17, 15) is 14.3 Å². The van der Waals surface area contributed by atoms with E-state index in [1.807, 2.05) is 6.07 Å². The van der Waals surface area contributed by atoms with Gasteiger partial charge in [0.1, 0.15) is 0 Å². The number of ether oxygens (including phenoxy) is 1. The van der Waals surface area contributed by atoms with Gasteiger partial charge in [-0.25, -0.2) is 4.39 Å². The van der Waals surface area contributed by atoms with Crippen LogP contribution >= 0.6 is 11.3 Å². The molecule has 1 fully saturated rings. The van der Waals surface area contributed by atoms with Gasteiger partial charge in [-0.05, 0) is 62.7 Å². The highest BCUT2D eigenvalue weighted by Gasteiger charge is 2.31. The van der Waals surface area contributed by atoms with Crippen LogP contribution in [0.5, 0.6) is 5.75 Å². The molecule has 0 bridgehead atoms. The molecule has 2 heterocycles. The average Bonchev–Trinajstić information content (AvgIpc) is 3.02. The van der Waals surface area contributed by atoms with Crippen LogP contribution in [0.4, 0.5) is 4.39 Å². The fourth-order valence-electron chi connectivity index (χ4n) is 3.41. The van der Waals surface area contributed by atoms with Crippen LogP contribution in [0, 0.1) is 18.7 Å². The molecule has 0 amide bonds. The van der Waals surface area contributed by atoms with Crippen molar-refractivity contribution in [3.63, 3.8) is 0 Å². The van der Waals surface area contributed by atoms with Crippen LogP contribution in [-0.2, 0) is 4.79 Å². The van der Waals surface area contributed by atoms with E-state index < -0.39 is 5.97 Å². The predicted molar refractivity (Wildman–Crippen MR) is 95.8 cm³/mol. The van der Waals surface area contributed by atoms with Gasteiger partial charge in [0.2, 0.25) is 0 Å². The van der Waals surface area contributed by atoms with Gasteiger partial charge in [0, 0.05) is 9.75 Å². The van der Waals surface area contributed by atoms with E-state index in [0.717, 1.165) is 10.4 Å². The number of hydrogen-bond acceptors (Lipinski definition) is 4. The summed E-state index contributed by atoms with van der Waals surface area (Å²) in [7, 11) is 1.45. The first kappa shape index (κ1) is 17.9. The van der Waals surface area contributed by atoms with Crippen molar-refractivity contribution in [1.29, 1.82) is 0 Å². The van der Waals surface area contributed by atoms with E-state index in [0.29, 0.717) is 25.9 Å². The summed E-state index contributed by atoms with van der Waals surface area (Å²) in [5.74, 6) is -1.15. The van der Waals surface area contributed by atoms with Gasteiger partial charge in [0.05, 0.1) is 19.1 Å². The number of hydrogen-bond donors (Lipinski definition) is 1.